The summed E-state index contributed by atoms with van der Waals surface area (Å²) in [6, 6.07) is 0. The van der Waals surface area contributed by atoms with Crippen LogP contribution >= 0.6 is 0 Å². The summed E-state index contributed by atoms with van der Waals surface area (Å²) in [5, 5.41) is 8.66. The van der Waals surface area contributed by atoms with E-state index in [1.54, 1.807) is 0 Å². The minimum atomic E-state index is -0.604. The van der Waals surface area contributed by atoms with E-state index < -0.39 is 6.10 Å². The van der Waals surface area contributed by atoms with Crippen LogP contribution in [0.3, 0.4) is 0 Å². The van der Waals surface area contributed by atoms with Crippen molar-refractivity contribution >= 4 is 5.97 Å². The minimum Gasteiger partial charge on any atom is -0.459 e. The van der Waals surface area contributed by atoms with Gasteiger partial charge in [-0.25, -0.2) is 4.79 Å². The first-order valence-corrected chi connectivity index (χ1v) is 2.32. The Morgan fingerprint density at radius 1 is 1.88 bits per heavy atom. The third kappa shape index (κ3) is 1.07. The molecule has 3 heteroatoms. The van der Waals surface area contributed by atoms with Gasteiger partial charge in [0.2, 0.25) is 0 Å². The maximum Gasteiger partial charge on any atom is 0.330 e. The zero-order chi connectivity index (χ0) is 5.98. The Balaban J connectivity index is 2.55. The number of aliphatic hydroxyl groups excluding tert-OH is 1. The van der Waals surface area contributed by atoms with E-state index in [1.165, 1.54) is 12.2 Å². The van der Waals surface area contributed by atoms with Gasteiger partial charge in [0, 0.05) is 6.08 Å². The Morgan fingerprint density at radius 3 is 3.00 bits per heavy atom. The normalized spacial score (nSPS) is 27.6. The lowest BCUT2D eigenvalue weighted by Gasteiger charge is -2.09. The maximum atomic E-state index is 10.2. The topological polar surface area (TPSA) is 46.5 Å². The Kier molecular flexibility index (Phi) is 1.30. The molecule has 0 aromatic rings. The Bertz CT molecular complexity index is 128. The molecule has 1 heterocycles. The van der Waals surface area contributed by atoms with Crippen molar-refractivity contribution in [1.82, 2.24) is 0 Å². The molecule has 0 saturated carbocycles. The number of carbonyl (C=O) groups excluding carboxylic acids is 1. The molecule has 0 spiro atoms. The van der Waals surface area contributed by atoms with Crippen LogP contribution in [0.4, 0.5) is 0 Å². The first-order valence-electron chi connectivity index (χ1n) is 2.32. The molecule has 0 aliphatic carbocycles. The van der Waals surface area contributed by atoms with Crippen LogP contribution in [0.5, 0.6) is 0 Å². The number of esters is 1. The van der Waals surface area contributed by atoms with E-state index in [1.807, 2.05) is 0 Å². The highest BCUT2D eigenvalue weighted by Crippen LogP contribution is 1.96. The van der Waals surface area contributed by atoms with Crippen molar-refractivity contribution in [1.29, 1.82) is 0 Å². The second kappa shape index (κ2) is 1.96. The van der Waals surface area contributed by atoms with Crippen LogP contribution in [0.1, 0.15) is 0 Å². The summed E-state index contributed by atoms with van der Waals surface area (Å²) in [5.74, 6) is -0.379. The van der Waals surface area contributed by atoms with Crippen molar-refractivity contribution in [2.75, 3.05) is 6.61 Å². The van der Waals surface area contributed by atoms with Gasteiger partial charge in [0.05, 0.1) is 0 Å². The number of hydrogen-bond acceptors (Lipinski definition) is 3. The summed E-state index contributed by atoms with van der Waals surface area (Å²) in [4.78, 5) is 10.2. The van der Waals surface area contributed by atoms with Crippen LogP contribution in [0.15, 0.2) is 12.2 Å². The molecule has 0 amide bonds. The molecule has 1 aliphatic rings. The van der Waals surface area contributed by atoms with Crippen molar-refractivity contribution in [3.8, 4) is 0 Å². The molecule has 0 radical (unpaired) electrons. The van der Waals surface area contributed by atoms with Gasteiger partial charge in [0.25, 0.3) is 0 Å². The van der Waals surface area contributed by atoms with Crippen LogP contribution in [0.2, 0.25) is 0 Å². The average molecular weight is 114 g/mol. The lowest BCUT2D eigenvalue weighted by molar-refractivity contribution is -0.141. The Labute approximate surface area is 46.6 Å². The van der Waals surface area contributed by atoms with Crippen LogP contribution in [0.25, 0.3) is 0 Å². The zero-order valence-electron chi connectivity index (χ0n) is 4.20. The SMILES string of the molecule is O=C1C=CC(O)CO1. The number of ether oxygens (including phenoxy) is 1. The van der Waals surface area contributed by atoms with Gasteiger partial charge in [-0.15, -0.1) is 0 Å². The minimum absolute atomic E-state index is 0.0926. The second-order valence-electron chi connectivity index (χ2n) is 1.56. The molecule has 44 valence electrons. The number of aliphatic hydroxyl groups is 1. The molecule has 8 heavy (non-hydrogen) atoms. The van der Waals surface area contributed by atoms with Gasteiger partial charge in [-0.2, -0.15) is 0 Å². The van der Waals surface area contributed by atoms with Crippen molar-refractivity contribution in [2.45, 2.75) is 6.10 Å². The van der Waals surface area contributed by atoms with Gasteiger partial charge in [-0.3, -0.25) is 0 Å². The summed E-state index contributed by atoms with van der Waals surface area (Å²) < 4.78 is 4.41. The number of rotatable bonds is 0. The predicted molar refractivity (Wildman–Crippen MR) is 26.1 cm³/mol. The van der Waals surface area contributed by atoms with Crippen LogP contribution in [0, 0.1) is 0 Å². The van der Waals surface area contributed by atoms with Crippen molar-refractivity contribution in [3.63, 3.8) is 0 Å². The average Bonchev–Trinajstić information content (AvgIpc) is 1.77. The van der Waals surface area contributed by atoms with E-state index in [-0.39, 0.29) is 12.6 Å². The molecular weight excluding hydrogens is 108 g/mol. The first-order chi connectivity index (χ1) is 3.79. The van der Waals surface area contributed by atoms with E-state index in [0.29, 0.717) is 0 Å². The molecule has 0 saturated heterocycles. The largest absolute Gasteiger partial charge is 0.459 e. The van der Waals surface area contributed by atoms with Crippen LogP contribution in [-0.2, 0) is 9.53 Å². The molecule has 0 fully saturated rings. The van der Waals surface area contributed by atoms with Gasteiger partial charge in [-0.1, -0.05) is 0 Å². The first kappa shape index (κ1) is 5.31. The van der Waals surface area contributed by atoms with Crippen molar-refractivity contribution in [2.24, 2.45) is 0 Å². The summed E-state index contributed by atoms with van der Waals surface area (Å²) >= 11 is 0. The van der Waals surface area contributed by atoms with Crippen LogP contribution < -0.4 is 0 Å². The van der Waals surface area contributed by atoms with Gasteiger partial charge in [-0.05, 0) is 6.08 Å². The van der Waals surface area contributed by atoms with Gasteiger partial charge in [0.1, 0.15) is 12.7 Å². The van der Waals surface area contributed by atoms with Gasteiger partial charge >= 0.3 is 5.97 Å². The highest BCUT2D eigenvalue weighted by atomic mass is 16.5. The van der Waals surface area contributed by atoms with Gasteiger partial charge in [0.15, 0.2) is 0 Å². The lowest BCUT2D eigenvalue weighted by Crippen LogP contribution is -2.19. The molecule has 1 atom stereocenters. The Hall–Kier alpha value is -0.830. The molecule has 0 aromatic carbocycles. The van der Waals surface area contributed by atoms with E-state index in [0.717, 1.165) is 0 Å². The van der Waals surface area contributed by atoms with Crippen LogP contribution in [-0.4, -0.2) is 23.8 Å². The summed E-state index contributed by atoms with van der Waals surface area (Å²) in [6.07, 6.45) is 2.02. The number of cyclic esters (lactones) is 1. The molecule has 3 nitrogen and oxygen atoms in total. The summed E-state index contributed by atoms with van der Waals surface area (Å²) in [7, 11) is 0. The maximum absolute atomic E-state index is 10.2. The lowest BCUT2D eigenvalue weighted by atomic mass is 10.3. The molecular formula is C5H6O3. The van der Waals surface area contributed by atoms with Crippen molar-refractivity contribution < 1.29 is 14.6 Å². The zero-order valence-corrected chi connectivity index (χ0v) is 4.20. The molecule has 1 unspecified atom stereocenters. The molecule has 1 rings (SSSR count). The summed E-state index contributed by atoms with van der Waals surface area (Å²) in [6.45, 7) is 0.0926. The smallest absolute Gasteiger partial charge is 0.330 e. The fraction of sp³-hybridized carbons (Fsp3) is 0.400. The predicted octanol–water partition coefficient (Wildman–Crippen LogP) is -0.540. The fourth-order valence-electron chi connectivity index (χ4n) is 0.461. The highest BCUT2D eigenvalue weighted by Gasteiger charge is 2.08. The standard InChI is InChI=1S/C5H6O3/c6-4-1-2-5(7)8-3-4/h1-2,4,6H,3H2. The Morgan fingerprint density at radius 2 is 2.62 bits per heavy atom. The molecule has 0 bridgehead atoms. The molecule has 1 aliphatic heterocycles. The molecule has 1 N–H and O–H groups in total. The summed E-state index contributed by atoms with van der Waals surface area (Å²) in [5.41, 5.74) is 0. The highest BCUT2D eigenvalue weighted by molar-refractivity contribution is 5.82. The third-order valence-corrected chi connectivity index (χ3v) is 0.851. The van der Waals surface area contributed by atoms with Gasteiger partial charge < -0.3 is 9.84 Å². The molecule has 0 aromatic heterocycles. The van der Waals surface area contributed by atoms with E-state index >= 15 is 0 Å². The third-order valence-electron chi connectivity index (χ3n) is 0.851. The monoisotopic (exact) mass is 114 g/mol. The van der Waals surface area contributed by atoms with E-state index in [9.17, 15) is 4.79 Å². The quantitative estimate of drug-likeness (QED) is 0.430. The van der Waals surface area contributed by atoms with Crippen molar-refractivity contribution in [3.05, 3.63) is 12.2 Å². The number of hydrogen-bond donors (Lipinski definition) is 1. The van der Waals surface area contributed by atoms with E-state index in [2.05, 4.69) is 4.74 Å². The fourth-order valence-corrected chi connectivity index (χ4v) is 0.461. The van der Waals surface area contributed by atoms with E-state index in [4.69, 9.17) is 5.11 Å². The number of carbonyl (C=O) groups is 1. The second-order valence-corrected chi connectivity index (χ2v) is 1.56.